The molecule has 2 rings (SSSR count). The predicted octanol–water partition coefficient (Wildman–Crippen LogP) is 2.98. The number of aryl methyl sites for hydroxylation is 2. The van der Waals surface area contributed by atoms with Crippen molar-refractivity contribution < 1.29 is 19.6 Å². The van der Waals surface area contributed by atoms with Crippen molar-refractivity contribution in [2.45, 2.75) is 40.2 Å². The van der Waals surface area contributed by atoms with E-state index in [-0.39, 0.29) is 24.9 Å². The Morgan fingerprint density at radius 3 is 2.17 bits per heavy atom. The van der Waals surface area contributed by atoms with Crippen LogP contribution in [0.4, 0.5) is 0 Å². The highest BCUT2D eigenvalue weighted by molar-refractivity contribution is 5.97. The lowest BCUT2D eigenvalue weighted by Crippen LogP contribution is -2.40. The van der Waals surface area contributed by atoms with Crippen molar-refractivity contribution in [3.05, 3.63) is 70.3 Å². The topological polar surface area (TPSA) is 98.7 Å². The van der Waals surface area contributed by atoms with Crippen molar-refractivity contribution in [3.8, 4) is 0 Å². The van der Waals surface area contributed by atoms with E-state index >= 15 is 0 Å². The van der Waals surface area contributed by atoms with E-state index in [0.717, 1.165) is 29.5 Å². The van der Waals surface area contributed by atoms with Gasteiger partial charge in [-0.05, 0) is 50.1 Å². The van der Waals surface area contributed by atoms with E-state index in [0.29, 0.717) is 17.7 Å². The van der Waals surface area contributed by atoms with Gasteiger partial charge in [-0.2, -0.15) is 0 Å². The van der Waals surface area contributed by atoms with E-state index < -0.39 is 5.91 Å². The Morgan fingerprint density at radius 1 is 0.967 bits per heavy atom. The maximum atomic E-state index is 13.2. The van der Waals surface area contributed by atoms with Gasteiger partial charge in [-0.3, -0.25) is 19.6 Å². The predicted molar refractivity (Wildman–Crippen MR) is 114 cm³/mol. The van der Waals surface area contributed by atoms with Gasteiger partial charge in [-0.15, -0.1) is 0 Å². The molecular weight excluding hydrogens is 382 g/mol. The third-order valence-corrected chi connectivity index (χ3v) is 4.63. The van der Waals surface area contributed by atoms with Crippen molar-refractivity contribution in [1.82, 2.24) is 15.7 Å². The molecule has 0 aliphatic rings. The summed E-state index contributed by atoms with van der Waals surface area (Å²) in [6, 6.07) is 12.1. The van der Waals surface area contributed by atoms with Crippen molar-refractivity contribution in [3.63, 3.8) is 0 Å². The summed E-state index contributed by atoms with van der Waals surface area (Å²) in [5.41, 5.74) is 5.14. The van der Waals surface area contributed by atoms with Crippen LogP contribution in [0.25, 0.3) is 0 Å². The second-order valence-electron chi connectivity index (χ2n) is 7.38. The number of carbonyl (C=O) groups is 3. The first-order valence-electron chi connectivity index (χ1n) is 10.0. The van der Waals surface area contributed by atoms with E-state index in [1.54, 1.807) is 29.7 Å². The molecule has 0 unspecified atom stereocenters. The van der Waals surface area contributed by atoms with Crippen LogP contribution >= 0.6 is 0 Å². The lowest BCUT2D eigenvalue weighted by Gasteiger charge is -2.23. The van der Waals surface area contributed by atoms with E-state index in [4.69, 9.17) is 5.21 Å². The van der Waals surface area contributed by atoms with Gasteiger partial charge in [0.1, 0.15) is 6.54 Å². The molecule has 3 N–H and O–H groups in total. The van der Waals surface area contributed by atoms with Crippen molar-refractivity contribution in [2.24, 2.45) is 0 Å². The monoisotopic (exact) mass is 411 g/mol. The molecule has 3 amide bonds. The molecule has 2 aromatic rings. The molecule has 7 nitrogen and oxygen atoms in total. The van der Waals surface area contributed by atoms with Crippen molar-refractivity contribution in [1.29, 1.82) is 0 Å². The minimum absolute atomic E-state index is 0.0611. The van der Waals surface area contributed by atoms with E-state index in [1.165, 1.54) is 4.90 Å². The zero-order chi connectivity index (χ0) is 22.1. The zero-order valence-corrected chi connectivity index (χ0v) is 17.7. The number of nitrogens with one attached hydrogen (secondary N) is 2. The van der Waals surface area contributed by atoms with Crippen LogP contribution in [0.1, 0.15) is 57.2 Å². The van der Waals surface area contributed by atoms with Gasteiger partial charge in [0.25, 0.3) is 11.8 Å². The number of hydroxylamine groups is 1. The van der Waals surface area contributed by atoms with Gasteiger partial charge in [-0.25, -0.2) is 5.48 Å². The number of rotatable bonds is 9. The highest BCUT2D eigenvalue weighted by Gasteiger charge is 2.20. The summed E-state index contributed by atoms with van der Waals surface area (Å²) < 4.78 is 0. The Morgan fingerprint density at radius 2 is 1.60 bits per heavy atom. The summed E-state index contributed by atoms with van der Waals surface area (Å²) in [6.07, 6.45) is 1.85. The Balaban J connectivity index is 2.22. The van der Waals surface area contributed by atoms with Crippen LogP contribution in [-0.2, 0) is 11.3 Å². The normalized spacial score (nSPS) is 10.4. The average molecular weight is 412 g/mol. The molecule has 0 radical (unpaired) electrons. The van der Waals surface area contributed by atoms with Gasteiger partial charge in [0.15, 0.2) is 0 Å². The standard InChI is InChI=1S/C23H29N3O4/c1-4-5-10-24-21(27)15-26(23(29)20-12-16(2)11-17(3)13-20)14-18-6-8-19(9-7-18)22(28)25-30/h6-9,11-13,30H,4-5,10,14-15H2,1-3H3,(H,24,27)(H,25,28). The molecule has 7 heteroatoms. The van der Waals surface area contributed by atoms with Crippen LogP contribution in [-0.4, -0.2) is 40.9 Å². The van der Waals surface area contributed by atoms with Crippen LogP contribution in [0.15, 0.2) is 42.5 Å². The minimum atomic E-state index is -0.611. The molecule has 2 aromatic carbocycles. The third-order valence-electron chi connectivity index (χ3n) is 4.63. The van der Waals surface area contributed by atoms with Gasteiger partial charge < -0.3 is 10.2 Å². The Bertz CT molecular complexity index is 874. The fraction of sp³-hybridized carbons (Fsp3) is 0.348. The largest absolute Gasteiger partial charge is 0.355 e. The molecule has 0 fully saturated rings. The number of benzene rings is 2. The zero-order valence-electron chi connectivity index (χ0n) is 17.7. The first kappa shape index (κ1) is 23.1. The van der Waals surface area contributed by atoms with Crippen molar-refractivity contribution in [2.75, 3.05) is 13.1 Å². The second kappa shape index (κ2) is 11.1. The number of amides is 3. The second-order valence-corrected chi connectivity index (χ2v) is 7.38. The highest BCUT2D eigenvalue weighted by Crippen LogP contribution is 2.15. The van der Waals surface area contributed by atoms with Crippen LogP contribution in [0.2, 0.25) is 0 Å². The Labute approximate surface area is 177 Å². The van der Waals surface area contributed by atoms with Crippen molar-refractivity contribution >= 4 is 17.7 Å². The molecule has 0 saturated heterocycles. The summed E-state index contributed by atoms with van der Waals surface area (Å²) in [5.74, 6) is -1.05. The Kier molecular flexibility index (Phi) is 8.55. The van der Waals surface area contributed by atoms with Crippen LogP contribution in [0.5, 0.6) is 0 Å². The molecule has 0 atom stereocenters. The summed E-state index contributed by atoms with van der Waals surface area (Å²) in [7, 11) is 0. The SMILES string of the molecule is CCCCNC(=O)CN(Cc1ccc(C(=O)NO)cc1)C(=O)c1cc(C)cc(C)c1. The molecular formula is C23H29N3O4. The summed E-state index contributed by atoms with van der Waals surface area (Å²) >= 11 is 0. The molecule has 30 heavy (non-hydrogen) atoms. The molecule has 0 heterocycles. The Hall–Kier alpha value is -3.19. The van der Waals surface area contributed by atoms with E-state index in [9.17, 15) is 14.4 Å². The molecule has 0 aliphatic heterocycles. The molecule has 0 saturated carbocycles. The summed E-state index contributed by atoms with van der Waals surface area (Å²) in [4.78, 5) is 38.6. The summed E-state index contributed by atoms with van der Waals surface area (Å²) in [6.45, 7) is 6.63. The number of nitrogens with zero attached hydrogens (tertiary/aromatic N) is 1. The summed E-state index contributed by atoms with van der Waals surface area (Å²) in [5, 5.41) is 11.6. The quantitative estimate of drug-likeness (QED) is 0.336. The molecule has 0 aliphatic carbocycles. The number of hydrogen-bond donors (Lipinski definition) is 3. The number of carbonyl (C=O) groups excluding carboxylic acids is 3. The van der Waals surface area contributed by atoms with Crippen LogP contribution in [0, 0.1) is 13.8 Å². The molecule has 160 valence electrons. The van der Waals surface area contributed by atoms with Crippen LogP contribution < -0.4 is 10.8 Å². The molecule has 0 bridgehead atoms. The average Bonchev–Trinajstić information content (AvgIpc) is 2.72. The maximum absolute atomic E-state index is 13.2. The van der Waals surface area contributed by atoms with Gasteiger partial charge >= 0.3 is 0 Å². The third kappa shape index (κ3) is 6.70. The first-order valence-corrected chi connectivity index (χ1v) is 10.0. The van der Waals surface area contributed by atoms with Gasteiger partial charge in [-0.1, -0.05) is 42.7 Å². The van der Waals surface area contributed by atoms with E-state index in [1.807, 2.05) is 39.0 Å². The van der Waals surface area contributed by atoms with Gasteiger partial charge in [0, 0.05) is 24.2 Å². The fourth-order valence-electron chi connectivity index (χ4n) is 3.16. The number of hydrogen-bond acceptors (Lipinski definition) is 4. The van der Waals surface area contributed by atoms with Crippen LogP contribution in [0.3, 0.4) is 0 Å². The lowest BCUT2D eigenvalue weighted by atomic mass is 10.1. The first-order chi connectivity index (χ1) is 14.3. The van der Waals surface area contributed by atoms with E-state index in [2.05, 4.69) is 5.32 Å². The smallest absolute Gasteiger partial charge is 0.274 e. The minimum Gasteiger partial charge on any atom is -0.355 e. The van der Waals surface area contributed by atoms with Gasteiger partial charge in [0.2, 0.25) is 5.91 Å². The van der Waals surface area contributed by atoms with Gasteiger partial charge in [0.05, 0.1) is 0 Å². The maximum Gasteiger partial charge on any atom is 0.274 e. The number of unbranched alkanes of at least 4 members (excludes halogenated alkanes) is 1. The fourth-order valence-corrected chi connectivity index (χ4v) is 3.16. The lowest BCUT2D eigenvalue weighted by molar-refractivity contribution is -0.121. The molecule has 0 aromatic heterocycles. The highest BCUT2D eigenvalue weighted by atomic mass is 16.5. The molecule has 0 spiro atoms.